The van der Waals surface area contributed by atoms with Gasteiger partial charge in [0, 0.05) is 11.8 Å². The van der Waals surface area contributed by atoms with Gasteiger partial charge < -0.3 is 4.52 Å². The van der Waals surface area contributed by atoms with E-state index in [0.717, 1.165) is 12.8 Å². The van der Waals surface area contributed by atoms with E-state index in [9.17, 15) is 4.79 Å². The Morgan fingerprint density at radius 1 is 1.47 bits per heavy atom. The summed E-state index contributed by atoms with van der Waals surface area (Å²) in [5.74, 6) is 2.46. The number of aromatic nitrogens is 5. The molecule has 2 aromatic heterocycles. The highest BCUT2D eigenvalue weighted by atomic mass is 16.5. The molecule has 2 aromatic rings. The van der Waals surface area contributed by atoms with E-state index < -0.39 is 0 Å². The lowest BCUT2D eigenvalue weighted by Crippen LogP contribution is -2.19. The molecular weight excluding hydrogens is 246 g/mol. The van der Waals surface area contributed by atoms with Crippen molar-refractivity contribution in [3.63, 3.8) is 0 Å². The van der Waals surface area contributed by atoms with Crippen LogP contribution in [-0.4, -0.2) is 24.9 Å². The minimum Gasteiger partial charge on any atom is -0.339 e. The second-order valence-electron chi connectivity index (χ2n) is 5.30. The van der Waals surface area contributed by atoms with Gasteiger partial charge in [-0.2, -0.15) is 10.1 Å². The van der Waals surface area contributed by atoms with E-state index in [2.05, 4.69) is 20.2 Å². The molecule has 0 amide bonds. The lowest BCUT2D eigenvalue weighted by molar-refractivity contribution is 0.290. The van der Waals surface area contributed by atoms with Crippen molar-refractivity contribution in [1.29, 1.82) is 0 Å². The quantitative estimate of drug-likeness (QED) is 0.900. The summed E-state index contributed by atoms with van der Waals surface area (Å²) < 4.78 is 6.56. The Labute approximate surface area is 110 Å². The monoisotopic (exact) mass is 263 g/mol. The van der Waals surface area contributed by atoms with Crippen LogP contribution in [0.5, 0.6) is 0 Å². The summed E-state index contributed by atoms with van der Waals surface area (Å²) in [5, 5.41) is 8.13. The zero-order valence-electron chi connectivity index (χ0n) is 11.1. The summed E-state index contributed by atoms with van der Waals surface area (Å²) in [4.78, 5) is 18.8. The first-order valence-corrected chi connectivity index (χ1v) is 6.63. The average Bonchev–Trinajstić information content (AvgIpc) is 2.86. The molecule has 0 unspecified atom stereocenters. The molecular formula is C12H17N5O2. The molecule has 3 rings (SSSR count). The maximum Gasteiger partial charge on any atom is 0.343 e. The number of H-pyrrole nitrogens is 1. The van der Waals surface area contributed by atoms with Crippen LogP contribution in [0.15, 0.2) is 9.32 Å². The normalized spacial score (nSPS) is 15.9. The first-order chi connectivity index (χ1) is 9.13. The molecule has 1 fully saturated rings. The molecule has 1 aliphatic rings. The fourth-order valence-corrected chi connectivity index (χ4v) is 2.03. The third-order valence-corrected chi connectivity index (χ3v) is 3.47. The molecule has 0 saturated heterocycles. The minimum absolute atomic E-state index is 0.185. The summed E-state index contributed by atoms with van der Waals surface area (Å²) in [6, 6.07) is 0. The third kappa shape index (κ3) is 2.32. The zero-order valence-corrected chi connectivity index (χ0v) is 11.1. The predicted molar refractivity (Wildman–Crippen MR) is 66.9 cm³/mol. The maximum absolute atomic E-state index is 11.7. The van der Waals surface area contributed by atoms with Crippen molar-refractivity contribution in [2.75, 3.05) is 0 Å². The Morgan fingerprint density at radius 2 is 2.26 bits per heavy atom. The Morgan fingerprint density at radius 3 is 2.84 bits per heavy atom. The van der Waals surface area contributed by atoms with Crippen molar-refractivity contribution in [3.05, 3.63) is 28.0 Å². The molecule has 0 atom stereocenters. The van der Waals surface area contributed by atoms with E-state index in [4.69, 9.17) is 4.52 Å². The largest absolute Gasteiger partial charge is 0.343 e. The first-order valence-electron chi connectivity index (χ1n) is 6.63. The number of nitrogens with zero attached hydrogens (tertiary/aromatic N) is 4. The second kappa shape index (κ2) is 4.64. The SMILES string of the molecule is CC(C)c1nn(Cc2noc(C3CCC3)n2)c(=O)[nH]1. The van der Waals surface area contributed by atoms with Crippen molar-refractivity contribution >= 4 is 0 Å². The Kier molecular flexibility index (Phi) is 2.96. The van der Waals surface area contributed by atoms with Gasteiger partial charge in [-0.1, -0.05) is 25.4 Å². The van der Waals surface area contributed by atoms with Gasteiger partial charge in [-0.25, -0.2) is 9.48 Å². The van der Waals surface area contributed by atoms with Crippen LogP contribution in [0.1, 0.15) is 62.5 Å². The topological polar surface area (TPSA) is 89.6 Å². The lowest BCUT2D eigenvalue weighted by atomic mass is 9.85. The molecule has 1 aliphatic carbocycles. The zero-order chi connectivity index (χ0) is 13.4. The van der Waals surface area contributed by atoms with E-state index >= 15 is 0 Å². The smallest absolute Gasteiger partial charge is 0.339 e. The van der Waals surface area contributed by atoms with E-state index in [0.29, 0.717) is 23.5 Å². The fraction of sp³-hybridized carbons (Fsp3) is 0.667. The van der Waals surface area contributed by atoms with Gasteiger partial charge in [-0.3, -0.25) is 4.98 Å². The van der Waals surface area contributed by atoms with Crippen LogP contribution in [0.4, 0.5) is 0 Å². The van der Waals surface area contributed by atoms with Crippen molar-refractivity contribution in [2.45, 2.75) is 51.5 Å². The second-order valence-corrected chi connectivity index (χ2v) is 5.30. The molecule has 0 spiro atoms. The van der Waals surface area contributed by atoms with Crippen molar-refractivity contribution in [1.82, 2.24) is 24.9 Å². The summed E-state index contributed by atoms with van der Waals surface area (Å²) in [7, 11) is 0. The molecule has 7 heteroatoms. The highest BCUT2D eigenvalue weighted by Crippen LogP contribution is 2.35. The first kappa shape index (κ1) is 12.1. The lowest BCUT2D eigenvalue weighted by Gasteiger charge is -2.20. The number of nitrogens with one attached hydrogen (secondary N) is 1. The molecule has 1 saturated carbocycles. The van der Waals surface area contributed by atoms with E-state index in [1.165, 1.54) is 11.1 Å². The van der Waals surface area contributed by atoms with Gasteiger partial charge in [-0.15, -0.1) is 0 Å². The molecule has 7 nitrogen and oxygen atoms in total. The number of rotatable bonds is 4. The van der Waals surface area contributed by atoms with Gasteiger partial charge in [0.25, 0.3) is 0 Å². The summed E-state index contributed by atoms with van der Waals surface area (Å²) >= 11 is 0. The van der Waals surface area contributed by atoms with Gasteiger partial charge in [0.1, 0.15) is 12.4 Å². The van der Waals surface area contributed by atoms with Gasteiger partial charge in [0.05, 0.1) is 0 Å². The van der Waals surface area contributed by atoms with Crippen LogP contribution in [-0.2, 0) is 6.54 Å². The molecule has 2 heterocycles. The minimum atomic E-state index is -0.237. The van der Waals surface area contributed by atoms with Gasteiger partial charge in [-0.05, 0) is 12.8 Å². The van der Waals surface area contributed by atoms with Crippen LogP contribution >= 0.6 is 0 Å². The average molecular weight is 263 g/mol. The molecule has 1 N–H and O–H groups in total. The van der Waals surface area contributed by atoms with Crippen LogP contribution in [0.3, 0.4) is 0 Å². The van der Waals surface area contributed by atoms with Crippen molar-refractivity contribution in [2.24, 2.45) is 0 Å². The fourth-order valence-electron chi connectivity index (χ4n) is 2.03. The van der Waals surface area contributed by atoms with E-state index in [1.807, 2.05) is 13.8 Å². The molecule has 0 aromatic carbocycles. The van der Waals surface area contributed by atoms with Crippen LogP contribution in [0, 0.1) is 0 Å². The summed E-state index contributed by atoms with van der Waals surface area (Å²) in [5.41, 5.74) is -0.237. The Bertz CT molecular complexity index is 620. The van der Waals surface area contributed by atoms with Crippen LogP contribution < -0.4 is 5.69 Å². The Balaban J connectivity index is 1.77. The number of hydrogen-bond donors (Lipinski definition) is 1. The summed E-state index contributed by atoms with van der Waals surface area (Å²) in [6.07, 6.45) is 3.45. The third-order valence-electron chi connectivity index (χ3n) is 3.47. The van der Waals surface area contributed by atoms with E-state index in [1.54, 1.807) is 0 Å². The summed E-state index contributed by atoms with van der Waals surface area (Å²) in [6.45, 7) is 4.20. The number of hydrogen-bond acceptors (Lipinski definition) is 5. The van der Waals surface area contributed by atoms with Crippen molar-refractivity contribution in [3.8, 4) is 0 Å². The Hall–Kier alpha value is -1.92. The van der Waals surface area contributed by atoms with Gasteiger partial charge >= 0.3 is 5.69 Å². The molecule has 0 radical (unpaired) electrons. The highest BCUT2D eigenvalue weighted by molar-refractivity contribution is 4.98. The highest BCUT2D eigenvalue weighted by Gasteiger charge is 2.25. The van der Waals surface area contributed by atoms with Gasteiger partial charge in [0.2, 0.25) is 5.89 Å². The number of aromatic amines is 1. The van der Waals surface area contributed by atoms with Crippen molar-refractivity contribution < 1.29 is 4.52 Å². The van der Waals surface area contributed by atoms with Crippen LogP contribution in [0.2, 0.25) is 0 Å². The van der Waals surface area contributed by atoms with Gasteiger partial charge in [0.15, 0.2) is 5.82 Å². The molecule has 19 heavy (non-hydrogen) atoms. The standard InChI is InChI=1S/C12H17N5O2/c1-7(2)10-14-12(18)17(15-10)6-9-13-11(19-16-9)8-4-3-5-8/h7-8H,3-6H2,1-2H3,(H,14,15,18). The molecule has 0 aliphatic heterocycles. The van der Waals surface area contributed by atoms with E-state index in [-0.39, 0.29) is 18.2 Å². The maximum atomic E-state index is 11.7. The molecule has 102 valence electrons. The van der Waals surface area contributed by atoms with Crippen LogP contribution in [0.25, 0.3) is 0 Å². The molecule has 0 bridgehead atoms. The predicted octanol–water partition coefficient (Wildman–Crippen LogP) is 1.39.